The fourth-order valence-electron chi connectivity index (χ4n) is 1.19. The van der Waals surface area contributed by atoms with E-state index in [1.807, 2.05) is 13.8 Å². The van der Waals surface area contributed by atoms with E-state index in [4.69, 9.17) is 5.73 Å². The Labute approximate surface area is 89.9 Å². The van der Waals surface area contributed by atoms with Crippen LogP contribution in [-0.4, -0.2) is 16.9 Å². The predicted octanol–water partition coefficient (Wildman–Crippen LogP) is 1.46. The summed E-state index contributed by atoms with van der Waals surface area (Å²) < 4.78 is 0. The number of rotatable bonds is 4. The summed E-state index contributed by atoms with van der Waals surface area (Å²) in [5.41, 5.74) is 7.36. The van der Waals surface area contributed by atoms with E-state index >= 15 is 0 Å². The lowest BCUT2D eigenvalue weighted by Gasteiger charge is -2.08. The van der Waals surface area contributed by atoms with Crippen LogP contribution < -0.4 is 11.1 Å². The number of nitrogens with two attached hydrogens (primary N) is 1. The fourth-order valence-corrected chi connectivity index (χ4v) is 1.19. The van der Waals surface area contributed by atoms with Gasteiger partial charge in [-0.05, 0) is 31.9 Å². The van der Waals surface area contributed by atoms with Crippen LogP contribution in [0.5, 0.6) is 0 Å². The molecule has 0 aliphatic heterocycles. The van der Waals surface area contributed by atoms with E-state index in [-0.39, 0.29) is 11.9 Å². The molecule has 0 spiro atoms. The van der Waals surface area contributed by atoms with Gasteiger partial charge in [0.05, 0.1) is 0 Å². The van der Waals surface area contributed by atoms with Gasteiger partial charge >= 0.3 is 0 Å². The molecule has 1 atom stereocenters. The van der Waals surface area contributed by atoms with Gasteiger partial charge in [0.15, 0.2) is 0 Å². The molecular weight excluding hydrogens is 190 g/mol. The van der Waals surface area contributed by atoms with Crippen LogP contribution in [0.15, 0.2) is 18.5 Å². The zero-order chi connectivity index (χ0) is 11.3. The number of pyridine rings is 1. The molecule has 1 amide bonds. The summed E-state index contributed by atoms with van der Waals surface area (Å²) in [4.78, 5) is 15.4. The third kappa shape index (κ3) is 4.08. The molecular formula is C11H17N3O. The molecule has 1 aromatic heterocycles. The van der Waals surface area contributed by atoms with E-state index in [1.54, 1.807) is 18.5 Å². The first-order chi connectivity index (χ1) is 7.09. The molecule has 1 rings (SSSR count). The predicted molar refractivity (Wildman–Crippen MR) is 60.5 cm³/mol. The number of anilines is 1. The minimum absolute atomic E-state index is 0.00148. The summed E-state index contributed by atoms with van der Waals surface area (Å²) in [7, 11) is 0. The second-order valence-electron chi connectivity index (χ2n) is 3.75. The van der Waals surface area contributed by atoms with Crippen LogP contribution in [0.2, 0.25) is 0 Å². The van der Waals surface area contributed by atoms with Crippen LogP contribution in [-0.2, 0) is 4.79 Å². The van der Waals surface area contributed by atoms with E-state index in [1.165, 1.54) is 0 Å². The van der Waals surface area contributed by atoms with Crippen molar-refractivity contribution in [3.8, 4) is 0 Å². The Kier molecular flexibility index (Phi) is 4.24. The van der Waals surface area contributed by atoms with E-state index in [2.05, 4.69) is 10.3 Å². The molecule has 0 aliphatic carbocycles. The van der Waals surface area contributed by atoms with Gasteiger partial charge in [-0.15, -0.1) is 0 Å². The van der Waals surface area contributed by atoms with Crippen LogP contribution in [0.3, 0.4) is 0 Å². The lowest BCUT2D eigenvalue weighted by molar-refractivity contribution is -0.116. The minimum atomic E-state index is 0.00148. The molecule has 0 aromatic carbocycles. The first-order valence-electron chi connectivity index (χ1n) is 5.05. The average molecular weight is 207 g/mol. The van der Waals surface area contributed by atoms with Crippen LogP contribution in [0, 0.1) is 6.92 Å². The maximum absolute atomic E-state index is 11.5. The molecule has 0 bridgehead atoms. The maximum Gasteiger partial charge on any atom is 0.224 e. The number of nitrogens with zero attached hydrogens (tertiary/aromatic N) is 1. The second-order valence-corrected chi connectivity index (χ2v) is 3.75. The maximum atomic E-state index is 11.5. The Hall–Kier alpha value is -1.42. The number of hydrogen-bond acceptors (Lipinski definition) is 3. The molecule has 3 N–H and O–H groups in total. The molecule has 82 valence electrons. The molecule has 4 nitrogen and oxygen atoms in total. The highest BCUT2D eigenvalue weighted by Crippen LogP contribution is 2.12. The molecule has 0 saturated carbocycles. The first kappa shape index (κ1) is 11.7. The molecule has 4 heteroatoms. The van der Waals surface area contributed by atoms with E-state index in [0.717, 1.165) is 11.3 Å². The van der Waals surface area contributed by atoms with E-state index in [9.17, 15) is 4.79 Å². The third-order valence-corrected chi connectivity index (χ3v) is 2.12. The van der Waals surface area contributed by atoms with Crippen molar-refractivity contribution in [3.05, 3.63) is 24.0 Å². The summed E-state index contributed by atoms with van der Waals surface area (Å²) in [6.07, 6.45) is 4.55. The van der Waals surface area contributed by atoms with E-state index < -0.39 is 0 Å². The average Bonchev–Trinajstić information content (AvgIpc) is 2.18. The van der Waals surface area contributed by atoms with Gasteiger partial charge in [-0.1, -0.05) is 0 Å². The number of aryl methyl sites for hydroxylation is 1. The van der Waals surface area contributed by atoms with Crippen molar-refractivity contribution in [1.82, 2.24) is 4.98 Å². The molecule has 0 radical (unpaired) electrons. The van der Waals surface area contributed by atoms with Crippen molar-refractivity contribution in [2.24, 2.45) is 5.73 Å². The number of carbonyl (C=O) groups excluding carboxylic acids is 1. The van der Waals surface area contributed by atoms with Crippen molar-refractivity contribution in [1.29, 1.82) is 0 Å². The fraction of sp³-hybridized carbons (Fsp3) is 0.455. The molecule has 1 aromatic rings. The summed E-state index contributed by atoms with van der Waals surface area (Å²) >= 11 is 0. The Balaban J connectivity index is 2.48. The number of carbonyl (C=O) groups is 1. The summed E-state index contributed by atoms with van der Waals surface area (Å²) in [6, 6.07) is 1.85. The number of nitrogens with one attached hydrogen (secondary N) is 1. The van der Waals surface area contributed by atoms with Gasteiger partial charge in [-0.25, -0.2) is 0 Å². The molecule has 1 unspecified atom stereocenters. The zero-order valence-electron chi connectivity index (χ0n) is 9.16. The van der Waals surface area contributed by atoms with Crippen molar-refractivity contribution in [3.63, 3.8) is 0 Å². The third-order valence-electron chi connectivity index (χ3n) is 2.12. The summed E-state index contributed by atoms with van der Waals surface area (Å²) in [5.74, 6) is 0.00148. The van der Waals surface area contributed by atoms with E-state index in [0.29, 0.717) is 12.8 Å². The smallest absolute Gasteiger partial charge is 0.224 e. The minimum Gasteiger partial charge on any atom is -0.328 e. The quantitative estimate of drug-likeness (QED) is 0.785. The Morgan fingerprint density at radius 3 is 3.00 bits per heavy atom. The Morgan fingerprint density at radius 2 is 2.40 bits per heavy atom. The van der Waals surface area contributed by atoms with Gasteiger partial charge in [-0.2, -0.15) is 0 Å². The summed E-state index contributed by atoms with van der Waals surface area (Å²) in [6.45, 7) is 3.80. The standard InChI is InChI=1S/C11H17N3O/c1-8-7-13-6-5-10(8)14-11(15)4-3-9(2)12/h5-7,9H,3-4,12H2,1-2H3,(H,13,14,15). The molecule has 0 saturated heterocycles. The largest absolute Gasteiger partial charge is 0.328 e. The SMILES string of the molecule is Cc1cnccc1NC(=O)CCC(C)N. The summed E-state index contributed by atoms with van der Waals surface area (Å²) in [5, 5.41) is 2.83. The molecule has 0 fully saturated rings. The van der Waals surface area contributed by atoms with Crippen LogP contribution in [0.25, 0.3) is 0 Å². The van der Waals surface area contributed by atoms with Gasteiger partial charge in [0, 0.05) is 30.5 Å². The van der Waals surface area contributed by atoms with Crippen molar-refractivity contribution >= 4 is 11.6 Å². The monoisotopic (exact) mass is 207 g/mol. The number of amides is 1. The molecule has 0 aliphatic rings. The Morgan fingerprint density at radius 1 is 1.67 bits per heavy atom. The van der Waals surface area contributed by atoms with Crippen molar-refractivity contribution in [2.45, 2.75) is 32.7 Å². The topological polar surface area (TPSA) is 68.0 Å². The highest BCUT2D eigenvalue weighted by atomic mass is 16.1. The zero-order valence-corrected chi connectivity index (χ0v) is 9.16. The normalized spacial score (nSPS) is 12.2. The number of aromatic nitrogens is 1. The van der Waals surface area contributed by atoms with Crippen LogP contribution >= 0.6 is 0 Å². The molecule has 15 heavy (non-hydrogen) atoms. The van der Waals surface area contributed by atoms with Gasteiger partial charge in [0.1, 0.15) is 0 Å². The first-order valence-corrected chi connectivity index (χ1v) is 5.05. The Bertz CT molecular complexity index is 336. The lowest BCUT2D eigenvalue weighted by Crippen LogP contribution is -2.19. The second kappa shape index (κ2) is 5.46. The highest BCUT2D eigenvalue weighted by molar-refractivity contribution is 5.91. The van der Waals surface area contributed by atoms with Crippen molar-refractivity contribution < 1.29 is 4.79 Å². The van der Waals surface area contributed by atoms with Gasteiger partial charge in [0.25, 0.3) is 0 Å². The van der Waals surface area contributed by atoms with Gasteiger partial charge in [-0.3, -0.25) is 9.78 Å². The van der Waals surface area contributed by atoms with Crippen LogP contribution in [0.1, 0.15) is 25.3 Å². The molecule has 1 heterocycles. The van der Waals surface area contributed by atoms with Crippen molar-refractivity contribution in [2.75, 3.05) is 5.32 Å². The van der Waals surface area contributed by atoms with Gasteiger partial charge in [0.2, 0.25) is 5.91 Å². The lowest BCUT2D eigenvalue weighted by atomic mass is 10.2. The highest BCUT2D eigenvalue weighted by Gasteiger charge is 2.05. The van der Waals surface area contributed by atoms with Crippen LogP contribution in [0.4, 0.5) is 5.69 Å². The number of hydrogen-bond donors (Lipinski definition) is 2. The van der Waals surface area contributed by atoms with Gasteiger partial charge < -0.3 is 11.1 Å².